The van der Waals surface area contributed by atoms with Crippen LogP contribution < -0.4 is 4.90 Å². The van der Waals surface area contributed by atoms with Crippen LogP contribution in [0.2, 0.25) is 0 Å². The molecule has 0 aromatic carbocycles. The van der Waals surface area contributed by atoms with Crippen LogP contribution in [-0.2, 0) is 9.47 Å². The molecule has 19 heavy (non-hydrogen) atoms. The lowest BCUT2D eigenvalue weighted by atomic mass is 10.2. The number of amides is 1. The molecule has 0 saturated carbocycles. The average Bonchev–Trinajstić information content (AvgIpc) is 2.34. The summed E-state index contributed by atoms with van der Waals surface area (Å²) in [6.45, 7) is 2.06. The molecule has 6 heteroatoms. The topological polar surface area (TPSA) is 68.7 Å². The Labute approximate surface area is 116 Å². The number of ether oxygens (including phenoxy) is 2. The first kappa shape index (κ1) is 10.8. The summed E-state index contributed by atoms with van der Waals surface area (Å²) in [5.41, 5.74) is -0.927. The Bertz CT molecular complexity index is 567. The fraction of sp³-hybridized carbons (Fsp3) is 0.462. The molecule has 0 bridgehead atoms. The second kappa shape index (κ2) is 5.69. The Morgan fingerprint density at radius 1 is 1.37 bits per heavy atom. The number of nitrogens with zero attached hydrogens (tertiary/aromatic N) is 2. The molecule has 0 unspecified atom stereocenters. The van der Waals surface area contributed by atoms with Crippen LogP contribution in [-0.4, -0.2) is 36.7 Å². The molecule has 0 aliphatic carbocycles. The normalized spacial score (nSPS) is 13.8. The zero-order chi connectivity index (χ0) is 17.1. The molecule has 0 spiro atoms. The van der Waals surface area contributed by atoms with Gasteiger partial charge < -0.3 is 9.47 Å². The summed E-state index contributed by atoms with van der Waals surface area (Å²) in [5.74, 6) is -0.691. The second-order valence-corrected chi connectivity index (χ2v) is 4.74. The summed E-state index contributed by atoms with van der Waals surface area (Å²) >= 11 is 0. The van der Waals surface area contributed by atoms with Gasteiger partial charge in [-0.2, -0.15) is 0 Å². The zero-order valence-corrected chi connectivity index (χ0v) is 11.3. The van der Waals surface area contributed by atoms with Crippen molar-refractivity contribution in [2.75, 3.05) is 19.0 Å². The van der Waals surface area contributed by atoms with Gasteiger partial charge in [0.05, 0.1) is 24.6 Å². The van der Waals surface area contributed by atoms with Crippen LogP contribution in [0.15, 0.2) is 18.5 Å². The van der Waals surface area contributed by atoms with Gasteiger partial charge in [0.1, 0.15) is 5.60 Å². The summed E-state index contributed by atoms with van der Waals surface area (Å²) in [6, 6.07) is 1.20. The smallest absolute Gasteiger partial charge is 0.414 e. The maximum absolute atomic E-state index is 12.2. The molecule has 1 aromatic rings. The van der Waals surface area contributed by atoms with Crippen molar-refractivity contribution in [1.82, 2.24) is 4.98 Å². The maximum Gasteiger partial charge on any atom is 0.414 e. The number of methoxy groups -OCH3 is 1. The molecule has 0 fully saturated rings. The van der Waals surface area contributed by atoms with Gasteiger partial charge in [0.15, 0.2) is 0 Å². The van der Waals surface area contributed by atoms with Crippen LogP contribution in [0.25, 0.3) is 0 Å². The Balaban J connectivity index is 3.24. The van der Waals surface area contributed by atoms with Gasteiger partial charge in [-0.15, -0.1) is 0 Å². The van der Waals surface area contributed by atoms with E-state index in [1.54, 1.807) is 20.8 Å². The van der Waals surface area contributed by atoms with Crippen LogP contribution in [0.5, 0.6) is 0 Å². The summed E-state index contributed by atoms with van der Waals surface area (Å²) in [6.07, 6.45) is 1.31. The van der Waals surface area contributed by atoms with E-state index in [-0.39, 0.29) is 11.3 Å². The fourth-order valence-corrected chi connectivity index (χ4v) is 1.19. The van der Waals surface area contributed by atoms with Gasteiger partial charge in [0, 0.05) is 17.3 Å². The predicted octanol–water partition coefficient (Wildman–Crippen LogP) is 2.24. The molecule has 0 saturated heterocycles. The molecule has 1 rings (SSSR count). The molecule has 0 atom stereocenters. The average molecular weight is 269 g/mol. The summed E-state index contributed by atoms with van der Waals surface area (Å²) in [7, 11) is 1.18. The molecular weight excluding hydrogens is 248 g/mol. The highest BCUT2D eigenvalue weighted by molar-refractivity contribution is 5.92. The third kappa shape index (κ3) is 4.24. The quantitative estimate of drug-likeness (QED) is 0.770. The van der Waals surface area contributed by atoms with E-state index in [0.717, 1.165) is 6.20 Å². The van der Waals surface area contributed by atoms with Gasteiger partial charge in [0.2, 0.25) is 0 Å². The second-order valence-electron chi connectivity index (χ2n) is 4.74. The predicted molar refractivity (Wildman–Crippen MR) is 70.2 cm³/mol. The van der Waals surface area contributed by atoms with Gasteiger partial charge in [0.25, 0.3) is 0 Å². The number of carbonyl (C=O) groups is 2. The summed E-state index contributed by atoms with van der Waals surface area (Å²) in [4.78, 5) is 27.9. The number of rotatable bonds is 2. The Morgan fingerprint density at radius 3 is 2.58 bits per heavy atom. The Kier molecular flexibility index (Phi) is 3.23. The zero-order valence-electron chi connectivity index (χ0n) is 14.3. The standard InChI is InChI=1S/C13H18N2O4/c1-13(2,3)19-12(17)15(4)10-6-9(7-14-8-10)11(16)18-5/h6-8H,1-5H3/i4D3. The minimum Gasteiger partial charge on any atom is -0.465 e. The van der Waals surface area contributed by atoms with E-state index in [2.05, 4.69) is 9.72 Å². The maximum atomic E-state index is 12.2. The molecule has 0 radical (unpaired) electrons. The van der Waals surface area contributed by atoms with Crippen molar-refractivity contribution in [3.8, 4) is 0 Å². The molecule has 1 amide bonds. The third-order valence-electron chi connectivity index (χ3n) is 1.98. The first-order valence-electron chi connectivity index (χ1n) is 7.02. The third-order valence-corrected chi connectivity index (χ3v) is 1.98. The largest absolute Gasteiger partial charge is 0.465 e. The summed E-state index contributed by atoms with van der Waals surface area (Å²) < 4.78 is 32.1. The van der Waals surface area contributed by atoms with Crippen LogP contribution in [0.3, 0.4) is 0 Å². The van der Waals surface area contributed by atoms with E-state index in [1.165, 1.54) is 19.4 Å². The van der Waals surface area contributed by atoms with Gasteiger partial charge in [-0.3, -0.25) is 9.88 Å². The summed E-state index contributed by atoms with van der Waals surface area (Å²) in [5, 5.41) is 0. The van der Waals surface area contributed by atoms with Gasteiger partial charge >= 0.3 is 12.1 Å². The van der Waals surface area contributed by atoms with Crippen LogP contribution in [0.1, 0.15) is 35.2 Å². The molecule has 6 nitrogen and oxygen atoms in total. The Morgan fingerprint density at radius 2 is 2.05 bits per heavy atom. The number of esters is 1. The van der Waals surface area contributed by atoms with E-state index in [9.17, 15) is 9.59 Å². The van der Waals surface area contributed by atoms with Crippen molar-refractivity contribution in [2.45, 2.75) is 26.4 Å². The SMILES string of the molecule is [2H]C([2H])([2H])N(C(=O)OC(C)(C)C)c1cncc(C(=O)OC)c1. The number of hydrogen-bond acceptors (Lipinski definition) is 5. The van der Waals surface area contributed by atoms with Crippen molar-refractivity contribution in [1.29, 1.82) is 0 Å². The molecule has 104 valence electrons. The van der Waals surface area contributed by atoms with Crippen molar-refractivity contribution in [2.24, 2.45) is 0 Å². The van der Waals surface area contributed by atoms with Crippen molar-refractivity contribution >= 4 is 17.7 Å². The van der Waals surface area contributed by atoms with E-state index < -0.39 is 24.6 Å². The molecule has 0 aliphatic rings. The van der Waals surface area contributed by atoms with Crippen LogP contribution >= 0.6 is 0 Å². The highest BCUT2D eigenvalue weighted by Crippen LogP contribution is 2.17. The minimum absolute atomic E-state index is 0.0257. The lowest BCUT2D eigenvalue weighted by Gasteiger charge is -2.24. The molecular formula is C13H18N2O4. The molecule has 0 aliphatic heterocycles. The number of hydrogen-bond donors (Lipinski definition) is 0. The van der Waals surface area contributed by atoms with Gasteiger partial charge in [-0.25, -0.2) is 9.59 Å². The minimum atomic E-state index is -2.79. The highest BCUT2D eigenvalue weighted by atomic mass is 16.6. The van der Waals surface area contributed by atoms with Gasteiger partial charge in [-0.05, 0) is 26.8 Å². The highest BCUT2D eigenvalue weighted by Gasteiger charge is 2.21. The first-order valence-corrected chi connectivity index (χ1v) is 5.52. The lowest BCUT2D eigenvalue weighted by molar-refractivity contribution is 0.0579. The van der Waals surface area contributed by atoms with Crippen molar-refractivity contribution < 1.29 is 23.2 Å². The number of carbonyl (C=O) groups excluding carboxylic acids is 2. The molecule has 0 N–H and O–H groups in total. The molecule has 1 aromatic heterocycles. The van der Waals surface area contributed by atoms with Crippen LogP contribution in [0.4, 0.5) is 10.5 Å². The van der Waals surface area contributed by atoms with E-state index in [0.29, 0.717) is 4.90 Å². The first-order chi connectivity index (χ1) is 9.95. The lowest BCUT2D eigenvalue weighted by Crippen LogP contribution is -2.34. The Hall–Kier alpha value is -2.11. The van der Waals surface area contributed by atoms with Crippen molar-refractivity contribution in [3.63, 3.8) is 0 Å². The van der Waals surface area contributed by atoms with E-state index >= 15 is 0 Å². The van der Waals surface area contributed by atoms with Crippen LogP contribution in [0, 0.1) is 0 Å². The number of aromatic nitrogens is 1. The van der Waals surface area contributed by atoms with Gasteiger partial charge in [-0.1, -0.05) is 0 Å². The van der Waals surface area contributed by atoms with E-state index in [1.807, 2.05) is 0 Å². The number of anilines is 1. The fourth-order valence-electron chi connectivity index (χ4n) is 1.19. The van der Waals surface area contributed by atoms with Crippen molar-refractivity contribution in [3.05, 3.63) is 24.0 Å². The number of pyridine rings is 1. The van der Waals surface area contributed by atoms with E-state index in [4.69, 9.17) is 8.85 Å². The monoisotopic (exact) mass is 269 g/mol. The molecule has 1 heterocycles.